The van der Waals surface area contributed by atoms with Gasteiger partial charge < -0.3 is 14.8 Å². The standard InChI is InChI=1S/C20H20N2O4/c1-12-13(2)20(24)22-16-10-14(8-9-15(12)16)21-19(23)11-26-18-7-5-4-6-17(18)25-3/h4-10,15H,11H2,1-3H3,(H,22,24). The van der Waals surface area contributed by atoms with Crippen molar-refractivity contribution in [1.29, 1.82) is 0 Å². The van der Waals surface area contributed by atoms with Gasteiger partial charge in [0.1, 0.15) is 0 Å². The molecule has 134 valence electrons. The Labute approximate surface area is 151 Å². The summed E-state index contributed by atoms with van der Waals surface area (Å²) in [5.41, 5.74) is 2.94. The first-order chi connectivity index (χ1) is 12.5. The van der Waals surface area contributed by atoms with Crippen molar-refractivity contribution in [3.63, 3.8) is 0 Å². The lowest BCUT2D eigenvalue weighted by atomic mass is 9.85. The van der Waals surface area contributed by atoms with Crippen LogP contribution >= 0.6 is 0 Å². The van der Waals surface area contributed by atoms with Crippen molar-refractivity contribution < 1.29 is 19.1 Å². The van der Waals surface area contributed by atoms with E-state index in [1.807, 2.05) is 19.1 Å². The highest BCUT2D eigenvalue weighted by atomic mass is 16.5. The smallest absolute Gasteiger partial charge is 0.284 e. The van der Waals surface area contributed by atoms with Gasteiger partial charge in [-0.2, -0.15) is 0 Å². The molecule has 0 saturated heterocycles. The zero-order valence-corrected chi connectivity index (χ0v) is 14.9. The highest BCUT2D eigenvalue weighted by molar-refractivity contribution is 6.11. The molecule has 1 aliphatic carbocycles. The Morgan fingerprint density at radius 2 is 1.96 bits per heavy atom. The first-order valence-electron chi connectivity index (χ1n) is 8.25. The second-order valence-electron chi connectivity index (χ2n) is 6.07. The van der Waals surface area contributed by atoms with E-state index in [4.69, 9.17) is 9.47 Å². The molecule has 0 bridgehead atoms. The average molecular weight is 352 g/mol. The number of nitrogens with one attached hydrogen (secondary N) is 1. The molecule has 6 nitrogen and oxygen atoms in total. The van der Waals surface area contributed by atoms with E-state index >= 15 is 0 Å². The predicted molar refractivity (Wildman–Crippen MR) is 98.2 cm³/mol. The molecular formula is C20H20N2O4. The molecule has 1 aromatic rings. The van der Waals surface area contributed by atoms with Crippen LogP contribution in [-0.4, -0.2) is 31.2 Å². The summed E-state index contributed by atoms with van der Waals surface area (Å²) < 4.78 is 10.7. The summed E-state index contributed by atoms with van der Waals surface area (Å²) in [6.45, 7) is 3.54. The molecule has 1 N–H and O–H groups in total. The third-order valence-electron chi connectivity index (χ3n) is 4.43. The number of allylic oxidation sites excluding steroid dienone is 3. The SMILES string of the molecule is COc1ccccc1OCC(=O)N=C1C=CC2C(=C1)NC(=O)C(C)=C2C. The van der Waals surface area contributed by atoms with E-state index in [-0.39, 0.29) is 18.4 Å². The van der Waals surface area contributed by atoms with Crippen LogP contribution < -0.4 is 14.8 Å². The number of aliphatic imine (C=N–C) groups is 1. The Morgan fingerprint density at radius 3 is 2.69 bits per heavy atom. The van der Waals surface area contributed by atoms with E-state index in [0.29, 0.717) is 17.2 Å². The lowest BCUT2D eigenvalue weighted by Gasteiger charge is -2.28. The summed E-state index contributed by atoms with van der Waals surface area (Å²) >= 11 is 0. The van der Waals surface area contributed by atoms with E-state index < -0.39 is 5.91 Å². The van der Waals surface area contributed by atoms with Crippen molar-refractivity contribution in [2.75, 3.05) is 13.7 Å². The Hall–Kier alpha value is -3.15. The first-order valence-corrected chi connectivity index (χ1v) is 8.25. The average Bonchev–Trinajstić information content (AvgIpc) is 2.64. The summed E-state index contributed by atoms with van der Waals surface area (Å²) in [7, 11) is 1.54. The van der Waals surface area contributed by atoms with Gasteiger partial charge in [0.05, 0.1) is 12.8 Å². The van der Waals surface area contributed by atoms with E-state index in [1.165, 1.54) is 7.11 Å². The number of rotatable bonds is 4. The molecule has 0 saturated carbocycles. The molecule has 0 aromatic heterocycles. The minimum Gasteiger partial charge on any atom is -0.493 e. The molecule has 0 spiro atoms. The maximum Gasteiger partial charge on any atom is 0.284 e. The number of hydrogen-bond donors (Lipinski definition) is 1. The highest BCUT2D eigenvalue weighted by Crippen LogP contribution is 2.30. The summed E-state index contributed by atoms with van der Waals surface area (Å²) in [6.07, 6.45) is 5.43. The molecule has 1 aromatic carbocycles. The number of fused-ring (bicyclic) bond motifs is 1. The van der Waals surface area contributed by atoms with Crippen LogP contribution in [0.5, 0.6) is 11.5 Å². The molecule has 0 fully saturated rings. The van der Waals surface area contributed by atoms with Gasteiger partial charge in [-0.1, -0.05) is 23.8 Å². The van der Waals surface area contributed by atoms with Gasteiger partial charge in [0.2, 0.25) is 0 Å². The van der Waals surface area contributed by atoms with E-state index in [1.54, 1.807) is 37.3 Å². The number of hydrogen-bond acceptors (Lipinski definition) is 4. The van der Waals surface area contributed by atoms with Gasteiger partial charge in [-0.25, -0.2) is 4.99 Å². The largest absolute Gasteiger partial charge is 0.493 e. The highest BCUT2D eigenvalue weighted by Gasteiger charge is 2.27. The van der Waals surface area contributed by atoms with Crippen molar-refractivity contribution in [2.24, 2.45) is 10.9 Å². The normalized spacial score (nSPS) is 20.4. The second kappa shape index (κ2) is 7.39. The van der Waals surface area contributed by atoms with Crippen LogP contribution in [0.3, 0.4) is 0 Å². The topological polar surface area (TPSA) is 77.0 Å². The zero-order valence-electron chi connectivity index (χ0n) is 14.9. The van der Waals surface area contributed by atoms with Crippen LogP contribution in [-0.2, 0) is 9.59 Å². The van der Waals surface area contributed by atoms with Gasteiger partial charge in [-0.3, -0.25) is 9.59 Å². The molecule has 1 aliphatic heterocycles. The number of methoxy groups -OCH3 is 1. The van der Waals surface area contributed by atoms with Crippen molar-refractivity contribution in [3.8, 4) is 11.5 Å². The predicted octanol–water partition coefficient (Wildman–Crippen LogP) is 2.58. The summed E-state index contributed by atoms with van der Waals surface area (Å²) in [4.78, 5) is 28.1. The van der Waals surface area contributed by atoms with Gasteiger partial charge in [0.15, 0.2) is 18.1 Å². The van der Waals surface area contributed by atoms with Gasteiger partial charge in [0.25, 0.3) is 11.8 Å². The molecule has 1 heterocycles. The quantitative estimate of drug-likeness (QED) is 0.903. The lowest BCUT2D eigenvalue weighted by Crippen LogP contribution is -2.35. The van der Waals surface area contributed by atoms with Gasteiger partial charge in [-0.05, 0) is 38.1 Å². The fraction of sp³-hybridized carbons (Fsp3) is 0.250. The summed E-state index contributed by atoms with van der Waals surface area (Å²) in [6, 6.07) is 7.09. The fourth-order valence-electron chi connectivity index (χ4n) is 2.85. The molecule has 0 radical (unpaired) electrons. The summed E-state index contributed by atoms with van der Waals surface area (Å²) in [5.74, 6) is 0.517. The van der Waals surface area contributed by atoms with Crippen molar-refractivity contribution in [2.45, 2.75) is 13.8 Å². The Bertz CT molecular complexity index is 878. The zero-order chi connectivity index (χ0) is 18.7. The first kappa shape index (κ1) is 17.7. The van der Waals surface area contributed by atoms with Crippen molar-refractivity contribution in [3.05, 3.63) is 59.3 Å². The van der Waals surface area contributed by atoms with Crippen LogP contribution in [0.1, 0.15) is 13.8 Å². The van der Waals surface area contributed by atoms with Crippen LogP contribution in [0.25, 0.3) is 0 Å². The molecule has 3 rings (SSSR count). The number of carbonyl (C=O) groups is 2. The minimum atomic E-state index is -0.420. The summed E-state index contributed by atoms with van der Waals surface area (Å²) in [5, 5.41) is 2.85. The third kappa shape index (κ3) is 3.59. The molecule has 2 amide bonds. The lowest BCUT2D eigenvalue weighted by molar-refractivity contribution is -0.119. The molecule has 1 atom stereocenters. The van der Waals surface area contributed by atoms with E-state index in [0.717, 1.165) is 16.8 Å². The fourth-order valence-corrected chi connectivity index (χ4v) is 2.85. The second-order valence-corrected chi connectivity index (χ2v) is 6.07. The number of ether oxygens (including phenoxy) is 2. The van der Waals surface area contributed by atoms with Crippen LogP contribution in [0.15, 0.2) is 64.3 Å². The number of nitrogens with zero attached hydrogens (tertiary/aromatic N) is 1. The van der Waals surface area contributed by atoms with Gasteiger partial charge in [-0.15, -0.1) is 0 Å². The van der Waals surface area contributed by atoms with Crippen molar-refractivity contribution >= 4 is 17.5 Å². The Balaban J connectivity index is 1.70. The number of para-hydroxylation sites is 2. The van der Waals surface area contributed by atoms with E-state index in [9.17, 15) is 9.59 Å². The van der Waals surface area contributed by atoms with Crippen LogP contribution in [0, 0.1) is 5.92 Å². The molecule has 2 aliphatic rings. The molecule has 1 unspecified atom stereocenters. The number of benzene rings is 1. The Morgan fingerprint density at radius 1 is 1.23 bits per heavy atom. The Kier molecular flexibility index (Phi) is 5.02. The van der Waals surface area contributed by atoms with Crippen LogP contribution in [0.2, 0.25) is 0 Å². The van der Waals surface area contributed by atoms with E-state index in [2.05, 4.69) is 10.3 Å². The molecule has 6 heteroatoms. The molecular weight excluding hydrogens is 332 g/mol. The van der Waals surface area contributed by atoms with Gasteiger partial charge >= 0.3 is 0 Å². The third-order valence-corrected chi connectivity index (χ3v) is 4.43. The van der Waals surface area contributed by atoms with Crippen molar-refractivity contribution in [1.82, 2.24) is 5.32 Å². The van der Waals surface area contributed by atoms with Gasteiger partial charge in [0, 0.05) is 17.2 Å². The number of amides is 2. The van der Waals surface area contributed by atoms with Crippen LogP contribution in [0.4, 0.5) is 0 Å². The minimum absolute atomic E-state index is 0.0200. The maximum absolute atomic E-state index is 12.1. The molecule has 26 heavy (non-hydrogen) atoms. The number of carbonyl (C=O) groups excluding carboxylic acids is 2. The monoisotopic (exact) mass is 352 g/mol. The maximum atomic E-state index is 12.1.